The highest BCUT2D eigenvalue weighted by Crippen LogP contribution is 2.21. The predicted octanol–water partition coefficient (Wildman–Crippen LogP) is 3.02. The fourth-order valence-corrected chi connectivity index (χ4v) is 4.76. The van der Waals surface area contributed by atoms with E-state index < -0.39 is 21.3 Å². The molecule has 2 unspecified atom stereocenters. The minimum Gasteiger partial charge on any atom is -0.753 e. The summed E-state index contributed by atoms with van der Waals surface area (Å²) in [5, 5.41) is 12.3. The van der Waals surface area contributed by atoms with Gasteiger partial charge >= 0.3 is 6.03 Å². The Hall–Kier alpha value is -1.92. The molecule has 0 aromatic heterocycles. The first kappa shape index (κ1) is 33.3. The van der Waals surface area contributed by atoms with E-state index in [4.69, 9.17) is 27.2 Å². The van der Waals surface area contributed by atoms with Crippen LogP contribution in [-0.2, 0) is 23.7 Å². The maximum atomic E-state index is 12.7. The number of amides is 3. The van der Waals surface area contributed by atoms with E-state index in [9.17, 15) is 9.59 Å². The number of methoxy groups -OCH3 is 1. The van der Waals surface area contributed by atoms with E-state index >= 15 is 0 Å². The summed E-state index contributed by atoms with van der Waals surface area (Å²) in [6.07, 6.45) is 0. The van der Waals surface area contributed by atoms with Crippen molar-refractivity contribution in [3.63, 3.8) is 0 Å². The summed E-state index contributed by atoms with van der Waals surface area (Å²) < 4.78 is 39.5. The highest BCUT2D eigenvalue weighted by Gasteiger charge is 2.26. The molecule has 0 aliphatic carbocycles. The van der Waals surface area contributed by atoms with Crippen LogP contribution in [0.25, 0.3) is 3.56 Å². The van der Waals surface area contributed by atoms with E-state index in [2.05, 4.69) is 24.4 Å². The fourth-order valence-electron chi connectivity index (χ4n) is 3.38. The summed E-state index contributed by atoms with van der Waals surface area (Å²) in [6, 6.07) is 6.91. The first-order valence-corrected chi connectivity index (χ1v) is 15.6. The van der Waals surface area contributed by atoms with Crippen LogP contribution in [0.15, 0.2) is 32.7 Å². The van der Waals surface area contributed by atoms with Gasteiger partial charge in [0.1, 0.15) is 5.75 Å². The van der Waals surface area contributed by atoms with Crippen molar-refractivity contribution in [2.75, 3.05) is 78.8 Å². The van der Waals surface area contributed by atoms with E-state index in [1.54, 1.807) is 7.11 Å². The lowest BCUT2D eigenvalue weighted by molar-refractivity contribution is -0.119. The van der Waals surface area contributed by atoms with E-state index in [1.165, 1.54) is 11.8 Å². The van der Waals surface area contributed by atoms with Gasteiger partial charge in [0.15, 0.2) is 0 Å². The third kappa shape index (κ3) is 14.9. The standard InChI is InChI=1S/C24H38IN6O7S/c1-18-15-27-24(33)30-23(18)39-17-22(32)29-21(19-3-5-20(34-2)6-4-19)16-38-14-13-37-12-11-36-10-9-35-8-7-28-31-25-26/h3-6,18,21,23H,7-17H2,1-2H3,(H,29,32)(H2,27,30,33)/q-1/t18?,21-,23?/m0/s1. The second kappa shape index (κ2) is 20.9. The maximum Gasteiger partial charge on any atom is 0.315 e. The monoisotopic (exact) mass is 681 g/mol. The van der Waals surface area contributed by atoms with E-state index in [1.807, 2.05) is 31.2 Å². The Morgan fingerprint density at radius 3 is 2.38 bits per heavy atom. The average Bonchev–Trinajstić information content (AvgIpc) is 2.95. The van der Waals surface area contributed by atoms with Crippen LogP contribution in [-0.4, -0.2) is 96.1 Å². The van der Waals surface area contributed by atoms with Gasteiger partial charge in [-0.05, 0) is 17.7 Å². The Bertz CT molecular complexity index is 883. The van der Waals surface area contributed by atoms with Gasteiger partial charge in [0, 0.05) is 12.5 Å². The molecular formula is C24H38IN6O7S-. The Morgan fingerprint density at radius 1 is 1.10 bits per heavy atom. The number of nitrogens with one attached hydrogen (secondary N) is 3. The molecule has 15 heteroatoms. The van der Waals surface area contributed by atoms with Crippen LogP contribution < -0.4 is 20.7 Å². The number of hydrogen-bond acceptors (Lipinski definition) is 9. The molecular weight excluding hydrogens is 643 g/mol. The van der Waals surface area contributed by atoms with Crippen molar-refractivity contribution in [2.24, 2.45) is 14.4 Å². The molecule has 1 aliphatic rings. The SMILES string of the molecule is COc1ccc([C@H](COCCOCCOCCOCCN=NI=[N-])NC(=O)CSC2NC(=O)NCC2C)cc1. The summed E-state index contributed by atoms with van der Waals surface area (Å²) in [5.74, 6) is 1.01. The second-order valence-electron chi connectivity index (χ2n) is 8.38. The minimum atomic E-state index is -1.14. The van der Waals surface area contributed by atoms with Crippen molar-refractivity contribution in [1.29, 1.82) is 0 Å². The summed E-state index contributed by atoms with van der Waals surface area (Å²) >= 11 is 0.270. The van der Waals surface area contributed by atoms with Gasteiger partial charge in [-0.2, -0.15) is 8.44 Å². The average molecular weight is 682 g/mol. The molecule has 3 atom stereocenters. The number of ether oxygens (including phenoxy) is 5. The Labute approximate surface area is 244 Å². The number of rotatable bonds is 21. The van der Waals surface area contributed by atoms with Gasteiger partial charge < -0.3 is 43.2 Å². The second-order valence-corrected chi connectivity index (χ2v) is 10.4. The van der Waals surface area contributed by atoms with Crippen LogP contribution in [0.3, 0.4) is 0 Å². The number of halogens is 1. The van der Waals surface area contributed by atoms with Gasteiger partial charge in [0.25, 0.3) is 0 Å². The predicted molar refractivity (Wildman–Crippen MR) is 156 cm³/mol. The minimum absolute atomic E-state index is 0.121. The molecule has 0 spiro atoms. The number of thioether (sulfide) groups is 1. The molecule has 39 heavy (non-hydrogen) atoms. The molecule has 1 fully saturated rings. The summed E-state index contributed by atoms with van der Waals surface area (Å²) in [7, 11) is 1.60. The number of carbonyl (C=O) groups is 2. The zero-order valence-corrected chi connectivity index (χ0v) is 25.3. The van der Waals surface area contributed by atoms with Crippen molar-refractivity contribution in [3.05, 3.63) is 33.4 Å². The molecule has 2 rings (SSSR count). The van der Waals surface area contributed by atoms with E-state index in [-0.39, 0.29) is 41.6 Å². The summed E-state index contributed by atoms with van der Waals surface area (Å²) in [5.41, 5.74) is 0.896. The lowest BCUT2D eigenvalue weighted by Gasteiger charge is -2.30. The van der Waals surface area contributed by atoms with Crippen LogP contribution in [0.4, 0.5) is 4.79 Å². The summed E-state index contributed by atoms with van der Waals surface area (Å²) in [6.45, 7) is 6.29. The number of carbonyl (C=O) groups excluding carboxylic acids is 2. The smallest absolute Gasteiger partial charge is 0.315 e. The van der Waals surface area contributed by atoms with Crippen LogP contribution in [0.1, 0.15) is 18.5 Å². The van der Waals surface area contributed by atoms with Crippen LogP contribution in [0, 0.1) is 5.92 Å². The Kier molecular flexibility index (Phi) is 17.8. The lowest BCUT2D eigenvalue weighted by atomic mass is 10.1. The van der Waals surface area contributed by atoms with Crippen LogP contribution in [0.2, 0.25) is 0 Å². The van der Waals surface area contributed by atoms with Crippen molar-refractivity contribution in [1.82, 2.24) is 16.0 Å². The van der Waals surface area contributed by atoms with Gasteiger partial charge in [0.2, 0.25) is 5.91 Å². The normalized spacial score (nSPS) is 17.9. The molecule has 0 radical (unpaired) electrons. The number of hydrogen-bond donors (Lipinski definition) is 3. The van der Waals surface area contributed by atoms with Gasteiger partial charge in [0.05, 0.1) is 83.7 Å². The molecule has 1 saturated heterocycles. The molecule has 1 aliphatic heterocycles. The molecule has 1 aromatic rings. The summed E-state index contributed by atoms with van der Waals surface area (Å²) in [4.78, 5) is 24.3. The highest BCUT2D eigenvalue weighted by molar-refractivity contribution is 14.2. The quantitative estimate of drug-likeness (QED) is 0.101. The highest BCUT2D eigenvalue weighted by atomic mass is 127. The Morgan fingerprint density at radius 2 is 1.74 bits per heavy atom. The first-order valence-electron chi connectivity index (χ1n) is 12.6. The third-order valence-corrected chi connectivity index (χ3v) is 7.31. The van der Waals surface area contributed by atoms with Crippen molar-refractivity contribution < 1.29 is 33.3 Å². The molecule has 1 heterocycles. The van der Waals surface area contributed by atoms with E-state index in [0.717, 1.165) is 11.3 Å². The van der Waals surface area contributed by atoms with Gasteiger partial charge in [-0.1, -0.05) is 19.1 Å². The van der Waals surface area contributed by atoms with Crippen molar-refractivity contribution in [2.45, 2.75) is 18.3 Å². The maximum absolute atomic E-state index is 12.7. The molecule has 0 saturated carbocycles. The van der Waals surface area contributed by atoms with E-state index in [0.29, 0.717) is 59.3 Å². The molecule has 13 nitrogen and oxygen atoms in total. The zero-order valence-electron chi connectivity index (χ0n) is 22.3. The molecule has 0 bridgehead atoms. The Balaban J connectivity index is 1.65. The van der Waals surface area contributed by atoms with Crippen molar-refractivity contribution in [3.8, 4) is 5.75 Å². The number of urea groups is 1. The molecule has 3 amide bonds. The largest absolute Gasteiger partial charge is 0.753 e. The first-order chi connectivity index (χ1) is 19.0. The topological polar surface area (TPSA) is 163 Å². The van der Waals surface area contributed by atoms with Gasteiger partial charge in [-0.3, -0.25) is 4.79 Å². The van der Waals surface area contributed by atoms with Gasteiger partial charge in [-0.25, -0.2) is 4.79 Å². The molecule has 3 N–H and O–H groups in total. The van der Waals surface area contributed by atoms with Crippen molar-refractivity contribution >= 4 is 45.0 Å². The molecule has 220 valence electrons. The van der Waals surface area contributed by atoms with Gasteiger partial charge in [-0.15, -0.1) is 33.1 Å². The lowest BCUT2D eigenvalue weighted by Crippen LogP contribution is -2.53. The number of nitrogens with zero attached hydrogens (tertiary/aromatic N) is 3. The molecule has 1 aromatic carbocycles. The third-order valence-electron chi connectivity index (χ3n) is 5.45. The fraction of sp³-hybridized carbons (Fsp3) is 0.667. The zero-order chi connectivity index (χ0) is 28.1. The number of benzene rings is 1. The van der Waals surface area contributed by atoms with Crippen LogP contribution >= 0.6 is 33.1 Å². The van der Waals surface area contributed by atoms with Crippen LogP contribution in [0.5, 0.6) is 5.75 Å².